The van der Waals surface area contributed by atoms with Crippen LogP contribution in [0.3, 0.4) is 0 Å². The fraction of sp³-hybridized carbons (Fsp3) is 0.111. The minimum absolute atomic E-state index is 0.329. The van der Waals surface area contributed by atoms with E-state index in [1.807, 2.05) is 48.5 Å². The number of para-hydroxylation sites is 1. The maximum Gasteiger partial charge on any atom is 0.164 e. The lowest BCUT2D eigenvalue weighted by molar-refractivity contribution is -0.0732. The highest BCUT2D eigenvalue weighted by atomic mass is 35.5. The van der Waals surface area contributed by atoms with Crippen LogP contribution in [0.15, 0.2) is 97.1 Å². The highest BCUT2D eigenvalue weighted by Crippen LogP contribution is 2.55. The topological polar surface area (TPSA) is 21.7 Å². The fourth-order valence-electron chi connectivity index (χ4n) is 4.82. The van der Waals surface area contributed by atoms with Crippen LogP contribution in [0.2, 0.25) is 10.0 Å². The first-order valence-corrected chi connectivity index (χ1v) is 11.2. The van der Waals surface area contributed by atoms with Crippen LogP contribution in [0, 0.1) is 0 Å². The molecule has 0 radical (unpaired) electrons. The number of rotatable bonds is 2. The van der Waals surface area contributed by atoms with Crippen LogP contribution in [0.1, 0.15) is 28.5 Å². The lowest BCUT2D eigenvalue weighted by Gasteiger charge is -2.50. The molecule has 4 aromatic carbocycles. The number of nitrogens with zero attached hydrogens (tertiary/aromatic N) is 1. The summed E-state index contributed by atoms with van der Waals surface area (Å²) in [6, 6.07) is 32.6. The minimum atomic E-state index is -0.816. The van der Waals surface area contributed by atoms with Crippen molar-refractivity contribution in [2.24, 2.45) is 0 Å². The molecule has 0 spiro atoms. The molecule has 0 bridgehead atoms. The highest BCUT2D eigenvalue weighted by Gasteiger charge is 2.49. The summed E-state index contributed by atoms with van der Waals surface area (Å²) in [5.74, 6) is 0.617. The van der Waals surface area contributed by atoms with Gasteiger partial charge in [0.05, 0.1) is 5.02 Å². The van der Waals surface area contributed by atoms with Gasteiger partial charge in [-0.25, -0.2) is 0 Å². The molecular weight excluding hydrogens is 441 g/mol. The number of anilines is 1. The summed E-state index contributed by atoms with van der Waals surface area (Å²) in [7, 11) is 0. The first-order chi connectivity index (χ1) is 15.7. The third-order valence-electron chi connectivity index (χ3n) is 6.18. The van der Waals surface area contributed by atoms with E-state index < -0.39 is 11.8 Å². The predicted molar refractivity (Wildman–Crippen MR) is 127 cm³/mol. The molecule has 0 saturated heterocycles. The molecular formula is C27H19Cl2NO2. The summed E-state index contributed by atoms with van der Waals surface area (Å²) in [5.41, 5.74) is 4.23. The van der Waals surface area contributed by atoms with E-state index in [-0.39, 0.29) is 0 Å². The van der Waals surface area contributed by atoms with Crippen molar-refractivity contribution in [1.82, 2.24) is 0 Å². The molecule has 4 aromatic rings. The molecule has 0 N–H and O–H groups in total. The molecule has 0 aromatic heterocycles. The molecule has 6 rings (SSSR count). The summed E-state index contributed by atoms with van der Waals surface area (Å²) in [6.45, 7) is 0.329. The van der Waals surface area contributed by atoms with Gasteiger partial charge in [-0.3, -0.25) is 0 Å². The zero-order chi connectivity index (χ0) is 21.7. The van der Waals surface area contributed by atoms with Gasteiger partial charge >= 0.3 is 0 Å². The summed E-state index contributed by atoms with van der Waals surface area (Å²) in [6.07, 6.45) is -0.426. The van der Waals surface area contributed by atoms with E-state index >= 15 is 0 Å². The van der Waals surface area contributed by atoms with Gasteiger partial charge in [-0.2, -0.15) is 0 Å². The van der Waals surface area contributed by atoms with Gasteiger partial charge in [0.25, 0.3) is 0 Å². The Morgan fingerprint density at radius 1 is 0.781 bits per heavy atom. The van der Waals surface area contributed by atoms with Gasteiger partial charge in [0, 0.05) is 21.8 Å². The van der Waals surface area contributed by atoms with E-state index in [9.17, 15) is 0 Å². The van der Waals surface area contributed by atoms with E-state index in [0.717, 1.165) is 27.9 Å². The molecule has 5 heteroatoms. The lowest BCUT2D eigenvalue weighted by atomic mass is 9.77. The van der Waals surface area contributed by atoms with Gasteiger partial charge in [-0.05, 0) is 29.3 Å². The van der Waals surface area contributed by atoms with Crippen LogP contribution in [0.5, 0.6) is 5.75 Å². The van der Waals surface area contributed by atoms with Crippen molar-refractivity contribution in [2.45, 2.75) is 11.8 Å². The van der Waals surface area contributed by atoms with Crippen molar-refractivity contribution in [3.05, 3.63) is 129 Å². The molecule has 0 amide bonds. The Morgan fingerprint density at radius 3 is 2.09 bits per heavy atom. The normalized spacial score (nSPS) is 18.2. The zero-order valence-electron chi connectivity index (χ0n) is 17.0. The third kappa shape index (κ3) is 2.86. The molecule has 0 saturated carbocycles. The number of ether oxygens (including phenoxy) is 2. The van der Waals surface area contributed by atoms with Gasteiger partial charge < -0.3 is 14.4 Å². The highest BCUT2D eigenvalue weighted by molar-refractivity contribution is 6.35. The third-order valence-corrected chi connectivity index (χ3v) is 6.67. The van der Waals surface area contributed by atoms with Crippen LogP contribution in [-0.2, 0) is 10.3 Å². The SMILES string of the molecule is Clc1cc(Cl)c2c(c1)[C@H]1OC(c3ccccc3)(c3ccccc3)c3ccccc3N1CO2. The van der Waals surface area contributed by atoms with Gasteiger partial charge in [0.15, 0.2) is 13.0 Å². The molecule has 2 heterocycles. The number of halogens is 2. The first kappa shape index (κ1) is 19.7. The summed E-state index contributed by atoms with van der Waals surface area (Å²) >= 11 is 12.9. The summed E-state index contributed by atoms with van der Waals surface area (Å²) in [4.78, 5) is 2.12. The maximum absolute atomic E-state index is 7.14. The number of benzene rings is 4. The Kier molecular flexibility index (Phi) is 4.65. The van der Waals surface area contributed by atoms with Crippen LogP contribution < -0.4 is 9.64 Å². The Hall–Kier alpha value is -2.98. The largest absolute Gasteiger partial charge is 0.471 e. The fourth-order valence-corrected chi connectivity index (χ4v) is 5.38. The number of hydrogen-bond donors (Lipinski definition) is 0. The van der Waals surface area contributed by atoms with E-state index in [1.54, 1.807) is 6.07 Å². The molecule has 0 unspecified atom stereocenters. The lowest BCUT2D eigenvalue weighted by Crippen LogP contribution is -2.49. The van der Waals surface area contributed by atoms with E-state index in [4.69, 9.17) is 32.7 Å². The van der Waals surface area contributed by atoms with Crippen LogP contribution in [0.25, 0.3) is 0 Å². The van der Waals surface area contributed by atoms with Crippen molar-refractivity contribution in [3.8, 4) is 5.75 Å². The molecule has 3 nitrogen and oxygen atoms in total. The van der Waals surface area contributed by atoms with Gasteiger partial charge in [-0.15, -0.1) is 0 Å². The minimum Gasteiger partial charge on any atom is -0.471 e. The Labute approximate surface area is 196 Å². The van der Waals surface area contributed by atoms with Crippen molar-refractivity contribution < 1.29 is 9.47 Å². The van der Waals surface area contributed by atoms with Gasteiger partial charge in [0.1, 0.15) is 11.4 Å². The van der Waals surface area contributed by atoms with Gasteiger partial charge in [-0.1, -0.05) is 102 Å². The molecule has 0 fully saturated rings. The second kappa shape index (κ2) is 7.56. The van der Waals surface area contributed by atoms with E-state index in [1.165, 1.54) is 0 Å². The van der Waals surface area contributed by atoms with E-state index in [0.29, 0.717) is 22.5 Å². The number of fused-ring (bicyclic) bond motifs is 5. The molecule has 2 aliphatic rings. The second-order valence-electron chi connectivity index (χ2n) is 7.95. The molecule has 32 heavy (non-hydrogen) atoms. The van der Waals surface area contributed by atoms with Crippen molar-refractivity contribution in [1.29, 1.82) is 0 Å². The van der Waals surface area contributed by atoms with Crippen LogP contribution >= 0.6 is 23.2 Å². The Bertz CT molecular complexity index is 1250. The van der Waals surface area contributed by atoms with Gasteiger partial charge in [0.2, 0.25) is 0 Å². The molecule has 2 aliphatic heterocycles. The average molecular weight is 460 g/mol. The summed E-state index contributed by atoms with van der Waals surface area (Å²) < 4.78 is 13.2. The number of hydrogen-bond acceptors (Lipinski definition) is 3. The average Bonchev–Trinajstić information content (AvgIpc) is 2.84. The quantitative estimate of drug-likeness (QED) is 0.317. The van der Waals surface area contributed by atoms with Crippen molar-refractivity contribution >= 4 is 28.9 Å². The van der Waals surface area contributed by atoms with Crippen LogP contribution in [0.4, 0.5) is 5.69 Å². The molecule has 158 valence electrons. The van der Waals surface area contributed by atoms with Crippen molar-refractivity contribution in [3.63, 3.8) is 0 Å². The molecule has 1 atom stereocenters. The molecule has 0 aliphatic carbocycles. The maximum atomic E-state index is 7.14. The monoisotopic (exact) mass is 459 g/mol. The van der Waals surface area contributed by atoms with E-state index in [2.05, 4.69) is 47.4 Å². The second-order valence-corrected chi connectivity index (χ2v) is 8.79. The Morgan fingerprint density at radius 2 is 1.41 bits per heavy atom. The predicted octanol–water partition coefficient (Wildman–Crippen LogP) is 7.17. The standard InChI is InChI=1S/C27H19Cl2NO2/c28-20-15-21-25(23(29)16-20)31-17-30-24-14-8-7-13-22(24)27(32-26(21)30,18-9-3-1-4-10-18)19-11-5-2-6-12-19/h1-16,26H,17H2/t26-/m1/s1. The summed E-state index contributed by atoms with van der Waals surface area (Å²) in [5, 5.41) is 1.03. The van der Waals surface area contributed by atoms with Crippen LogP contribution in [-0.4, -0.2) is 6.73 Å². The Balaban J connectivity index is 1.67. The zero-order valence-corrected chi connectivity index (χ0v) is 18.6. The first-order valence-electron chi connectivity index (χ1n) is 10.5. The van der Waals surface area contributed by atoms with Crippen molar-refractivity contribution in [2.75, 3.05) is 11.6 Å². The smallest absolute Gasteiger partial charge is 0.164 e.